The number of carbonyl (C=O) groups excluding carboxylic acids is 5. The Labute approximate surface area is 371 Å². The standard InChI is InChI=1S/C20H17FN6O2S.C19H16FN5OS.C4H6O3/c1-12(28)26(2)20-24-8-15(30-20)7-23-19(29)17-9-22-11-18-16(17)10-25-27(18)14-5-3-13(21)4-6-14;1-2-18-22-7-14(27-18)8-23-19(26)16-9-21-11-17-15(16)10-24-25(17)13-5-3-12(20)4-6-13;1-3(5)7-4(2)6/h3-6,8-11H,7H2,1-2H3,(H,23,29);3-7,9-11H,2,8H2,1H3,(H,23,26);1-2H3. The lowest BCUT2D eigenvalue weighted by molar-refractivity contribution is -0.156. The van der Waals surface area contributed by atoms with Gasteiger partial charge in [0, 0.05) is 73.1 Å². The van der Waals surface area contributed by atoms with Gasteiger partial charge in [0.2, 0.25) is 5.91 Å². The molecule has 64 heavy (non-hydrogen) atoms. The third-order valence-corrected chi connectivity index (χ3v) is 11.2. The first kappa shape index (κ1) is 45.9. The Hall–Kier alpha value is -7.65. The average molecular weight is 908 g/mol. The first-order valence-electron chi connectivity index (χ1n) is 19.3. The van der Waals surface area contributed by atoms with Crippen LogP contribution in [0.5, 0.6) is 0 Å². The minimum absolute atomic E-state index is 0.115. The number of nitrogens with one attached hydrogen (secondary N) is 2. The third kappa shape index (κ3) is 11.4. The molecule has 0 unspecified atom stereocenters. The number of fused-ring (bicyclic) bond motifs is 2. The molecule has 6 heterocycles. The van der Waals surface area contributed by atoms with Crippen molar-refractivity contribution < 1.29 is 37.5 Å². The molecule has 328 valence electrons. The fourth-order valence-corrected chi connectivity index (χ4v) is 7.47. The van der Waals surface area contributed by atoms with E-state index in [1.165, 1.54) is 73.7 Å². The van der Waals surface area contributed by atoms with Gasteiger partial charge < -0.3 is 15.4 Å². The molecular formula is C43H39F2N11O6S2. The Morgan fingerprint density at radius 1 is 0.641 bits per heavy atom. The van der Waals surface area contributed by atoms with Gasteiger partial charge in [-0.25, -0.2) is 28.1 Å². The van der Waals surface area contributed by atoms with Crippen LogP contribution in [0.15, 0.2) is 98.1 Å². The molecule has 17 nitrogen and oxygen atoms in total. The molecule has 8 aromatic rings. The number of carbonyl (C=O) groups is 5. The van der Waals surface area contributed by atoms with Gasteiger partial charge in [0.25, 0.3) is 11.8 Å². The maximum atomic E-state index is 13.2. The van der Waals surface area contributed by atoms with Crippen LogP contribution in [0, 0.1) is 11.6 Å². The smallest absolute Gasteiger partial charge is 0.310 e. The van der Waals surface area contributed by atoms with Crippen LogP contribution in [-0.2, 0) is 38.6 Å². The molecule has 0 aliphatic carbocycles. The van der Waals surface area contributed by atoms with Gasteiger partial charge in [0.15, 0.2) is 5.13 Å². The lowest BCUT2D eigenvalue weighted by atomic mass is 10.2. The van der Waals surface area contributed by atoms with Crippen molar-refractivity contribution in [2.45, 2.75) is 47.2 Å². The van der Waals surface area contributed by atoms with Gasteiger partial charge in [-0.2, -0.15) is 10.2 Å². The summed E-state index contributed by atoms with van der Waals surface area (Å²) < 4.78 is 33.6. The van der Waals surface area contributed by atoms with Crippen LogP contribution in [0.25, 0.3) is 33.2 Å². The van der Waals surface area contributed by atoms with Crippen molar-refractivity contribution in [3.63, 3.8) is 0 Å². The molecule has 0 spiro atoms. The van der Waals surface area contributed by atoms with Gasteiger partial charge in [-0.3, -0.25) is 38.8 Å². The Kier molecular flexibility index (Phi) is 15.0. The van der Waals surface area contributed by atoms with E-state index >= 15 is 0 Å². The van der Waals surface area contributed by atoms with E-state index in [0.717, 1.165) is 21.2 Å². The number of nitrogens with zero attached hydrogens (tertiary/aromatic N) is 9. The van der Waals surface area contributed by atoms with Gasteiger partial charge in [0.05, 0.1) is 76.4 Å². The highest BCUT2D eigenvalue weighted by atomic mass is 32.1. The van der Waals surface area contributed by atoms with Crippen molar-refractivity contribution in [2.75, 3.05) is 11.9 Å². The molecule has 8 rings (SSSR count). The number of rotatable bonds is 10. The Bertz CT molecular complexity index is 2940. The van der Waals surface area contributed by atoms with Crippen molar-refractivity contribution >= 4 is 79.3 Å². The highest BCUT2D eigenvalue weighted by Crippen LogP contribution is 2.24. The summed E-state index contributed by atoms with van der Waals surface area (Å²) in [6.45, 7) is 6.56. The van der Waals surface area contributed by atoms with Gasteiger partial charge in [-0.05, 0) is 55.0 Å². The van der Waals surface area contributed by atoms with E-state index in [1.807, 2.05) is 6.92 Å². The monoisotopic (exact) mass is 907 g/mol. The summed E-state index contributed by atoms with van der Waals surface area (Å²) in [6, 6.07) is 11.9. The van der Waals surface area contributed by atoms with E-state index in [0.29, 0.717) is 56.0 Å². The van der Waals surface area contributed by atoms with E-state index < -0.39 is 11.9 Å². The molecule has 21 heteroatoms. The fourth-order valence-electron chi connectivity index (χ4n) is 5.81. The quantitative estimate of drug-likeness (QED) is 0.111. The van der Waals surface area contributed by atoms with Crippen LogP contribution in [0.1, 0.15) is 63.2 Å². The number of hydrogen-bond donors (Lipinski definition) is 2. The molecule has 0 aliphatic rings. The molecule has 0 bridgehead atoms. The Morgan fingerprint density at radius 3 is 1.50 bits per heavy atom. The van der Waals surface area contributed by atoms with E-state index in [1.54, 1.807) is 89.2 Å². The van der Waals surface area contributed by atoms with Crippen LogP contribution < -0.4 is 15.5 Å². The Morgan fingerprint density at radius 2 is 1.09 bits per heavy atom. The van der Waals surface area contributed by atoms with Gasteiger partial charge in [-0.15, -0.1) is 11.3 Å². The highest BCUT2D eigenvalue weighted by molar-refractivity contribution is 7.15. The number of anilines is 1. The lowest BCUT2D eigenvalue weighted by Crippen LogP contribution is -2.23. The van der Waals surface area contributed by atoms with Crippen molar-refractivity contribution in [1.29, 1.82) is 0 Å². The maximum absolute atomic E-state index is 13.2. The summed E-state index contributed by atoms with van der Waals surface area (Å²) in [7, 11) is 1.65. The van der Waals surface area contributed by atoms with Gasteiger partial charge >= 0.3 is 11.9 Å². The average Bonchev–Trinajstić information content (AvgIpc) is 4.12. The van der Waals surface area contributed by atoms with Crippen LogP contribution in [0.2, 0.25) is 0 Å². The molecule has 0 radical (unpaired) electrons. The lowest BCUT2D eigenvalue weighted by Gasteiger charge is -2.09. The number of esters is 2. The summed E-state index contributed by atoms with van der Waals surface area (Å²) in [4.78, 5) is 76.6. The van der Waals surface area contributed by atoms with Gasteiger partial charge in [-0.1, -0.05) is 18.3 Å². The predicted octanol–water partition coefficient (Wildman–Crippen LogP) is 6.53. The molecule has 2 N–H and O–H groups in total. The molecule has 2 aromatic carbocycles. The molecule has 0 atom stereocenters. The number of pyridine rings is 2. The normalized spacial score (nSPS) is 10.6. The highest BCUT2D eigenvalue weighted by Gasteiger charge is 2.18. The molecule has 0 fully saturated rings. The Balaban J connectivity index is 0.000000186. The number of ether oxygens (including phenoxy) is 1. The number of amides is 3. The van der Waals surface area contributed by atoms with Crippen molar-refractivity contribution in [2.24, 2.45) is 0 Å². The summed E-state index contributed by atoms with van der Waals surface area (Å²) in [6.07, 6.45) is 13.8. The van der Waals surface area contributed by atoms with E-state index in [9.17, 15) is 32.8 Å². The third-order valence-electron chi connectivity index (χ3n) is 8.96. The predicted molar refractivity (Wildman–Crippen MR) is 235 cm³/mol. The molecule has 0 saturated carbocycles. The largest absolute Gasteiger partial charge is 0.394 e. The minimum atomic E-state index is -0.562. The van der Waals surface area contributed by atoms with E-state index in [4.69, 9.17) is 0 Å². The zero-order valence-electron chi connectivity index (χ0n) is 34.9. The van der Waals surface area contributed by atoms with Crippen LogP contribution >= 0.6 is 22.7 Å². The second kappa shape index (κ2) is 20.9. The molecule has 6 aromatic heterocycles. The van der Waals surface area contributed by atoms with Crippen LogP contribution in [0.3, 0.4) is 0 Å². The number of aryl methyl sites for hydroxylation is 1. The first-order valence-corrected chi connectivity index (χ1v) is 20.9. The molecule has 0 saturated heterocycles. The van der Waals surface area contributed by atoms with Crippen molar-refractivity contribution in [3.8, 4) is 11.4 Å². The number of aromatic nitrogens is 8. The van der Waals surface area contributed by atoms with E-state index in [2.05, 4.69) is 45.5 Å². The molecular weight excluding hydrogens is 869 g/mol. The first-order chi connectivity index (χ1) is 30.7. The number of thiazole rings is 2. The zero-order chi connectivity index (χ0) is 45.9. The van der Waals surface area contributed by atoms with Crippen LogP contribution in [0.4, 0.5) is 13.9 Å². The SMILES string of the molecule is CC(=O)N(C)c1ncc(CNC(=O)c2cncc3c2cnn3-c2ccc(F)cc2)s1.CC(=O)OC(C)=O.CCc1ncc(CNC(=O)c2cncc3c2cnn3-c2ccc(F)cc2)s1. The maximum Gasteiger partial charge on any atom is 0.310 e. The zero-order valence-corrected chi connectivity index (χ0v) is 36.5. The summed E-state index contributed by atoms with van der Waals surface area (Å²) in [5, 5.41) is 17.3. The topological polar surface area (TPSA) is 209 Å². The van der Waals surface area contributed by atoms with E-state index in [-0.39, 0.29) is 35.9 Å². The van der Waals surface area contributed by atoms with Gasteiger partial charge in [0.1, 0.15) is 11.6 Å². The fraction of sp³-hybridized carbons (Fsp3) is 0.186. The second-order valence-electron chi connectivity index (χ2n) is 13.5. The molecule has 0 aliphatic heterocycles. The van der Waals surface area contributed by atoms with Crippen LogP contribution in [-0.4, -0.2) is 76.2 Å². The minimum Gasteiger partial charge on any atom is -0.394 e. The number of hydrogen-bond acceptors (Lipinski definition) is 14. The second-order valence-corrected chi connectivity index (χ2v) is 15.8. The number of benzene rings is 2. The summed E-state index contributed by atoms with van der Waals surface area (Å²) in [5.41, 5.74) is 3.50. The summed E-state index contributed by atoms with van der Waals surface area (Å²) >= 11 is 2.92. The summed E-state index contributed by atoms with van der Waals surface area (Å²) in [5.74, 6) is -2.42. The van der Waals surface area contributed by atoms with Crippen molar-refractivity contribution in [1.82, 2.24) is 50.1 Å². The van der Waals surface area contributed by atoms with Crippen molar-refractivity contribution in [3.05, 3.63) is 136 Å². The molecule has 3 amide bonds. The number of halogens is 2.